The highest BCUT2D eigenvalue weighted by atomic mass is 19.1. The van der Waals surface area contributed by atoms with Crippen molar-refractivity contribution in [3.63, 3.8) is 0 Å². The van der Waals surface area contributed by atoms with Crippen LogP contribution in [0.1, 0.15) is 12.5 Å². The van der Waals surface area contributed by atoms with Crippen molar-refractivity contribution in [1.29, 1.82) is 5.41 Å². The molecular weight excluding hydrogens is 267 g/mol. The predicted octanol–water partition coefficient (Wildman–Crippen LogP) is 3.79. The zero-order valence-corrected chi connectivity index (χ0v) is 12.0. The van der Waals surface area contributed by atoms with Gasteiger partial charge in [0.2, 0.25) is 0 Å². The molecule has 2 aromatic rings. The van der Waals surface area contributed by atoms with Gasteiger partial charge in [-0.2, -0.15) is 0 Å². The Morgan fingerprint density at radius 1 is 1.05 bits per heavy atom. The first-order chi connectivity index (χ1) is 10.2. The summed E-state index contributed by atoms with van der Waals surface area (Å²) in [5.41, 5.74) is 3.33. The van der Waals surface area contributed by atoms with Gasteiger partial charge in [-0.1, -0.05) is 36.4 Å². The van der Waals surface area contributed by atoms with Crippen LogP contribution in [0.4, 0.5) is 4.39 Å². The lowest BCUT2D eigenvalue weighted by Gasteiger charge is -2.07. The summed E-state index contributed by atoms with van der Waals surface area (Å²) < 4.78 is 17.2. The number of benzene rings is 2. The Morgan fingerprint density at radius 3 is 2.14 bits per heavy atom. The minimum absolute atomic E-state index is 0.0908. The van der Waals surface area contributed by atoms with Crippen molar-refractivity contribution < 1.29 is 9.13 Å². The van der Waals surface area contributed by atoms with E-state index in [0.717, 1.165) is 16.7 Å². The van der Waals surface area contributed by atoms with Gasteiger partial charge < -0.3 is 10.1 Å². The standard InChI is InChI=1S/C17H19FN2O/c1-13(19)20-12-14-2-4-15(5-3-14)16-6-8-17(9-7-16)21-11-10-18/h2-9H,10-12H2,1H3,(H2,19,20). The number of halogens is 1. The summed E-state index contributed by atoms with van der Waals surface area (Å²) >= 11 is 0. The van der Waals surface area contributed by atoms with E-state index in [9.17, 15) is 4.39 Å². The molecule has 0 aromatic heterocycles. The lowest BCUT2D eigenvalue weighted by atomic mass is 10.0. The van der Waals surface area contributed by atoms with Crippen molar-refractivity contribution >= 4 is 5.84 Å². The van der Waals surface area contributed by atoms with Crippen molar-refractivity contribution in [2.24, 2.45) is 0 Å². The van der Waals surface area contributed by atoms with E-state index in [1.54, 1.807) is 6.92 Å². The molecule has 0 saturated heterocycles. The maximum atomic E-state index is 12.0. The van der Waals surface area contributed by atoms with Gasteiger partial charge in [-0.05, 0) is 35.7 Å². The van der Waals surface area contributed by atoms with Gasteiger partial charge in [0, 0.05) is 6.54 Å². The normalized spacial score (nSPS) is 10.2. The van der Waals surface area contributed by atoms with Crippen molar-refractivity contribution in [2.45, 2.75) is 13.5 Å². The fourth-order valence-electron chi connectivity index (χ4n) is 1.95. The molecule has 2 rings (SSSR count). The van der Waals surface area contributed by atoms with Crippen LogP contribution < -0.4 is 10.1 Å². The van der Waals surface area contributed by atoms with E-state index in [-0.39, 0.29) is 6.61 Å². The van der Waals surface area contributed by atoms with Crippen LogP contribution in [-0.2, 0) is 6.54 Å². The van der Waals surface area contributed by atoms with Crippen molar-refractivity contribution in [1.82, 2.24) is 5.32 Å². The van der Waals surface area contributed by atoms with Gasteiger partial charge in [0.25, 0.3) is 0 Å². The van der Waals surface area contributed by atoms with Gasteiger partial charge in [0.05, 0.1) is 5.84 Å². The van der Waals surface area contributed by atoms with E-state index in [4.69, 9.17) is 10.1 Å². The molecule has 0 aliphatic carbocycles. The molecule has 0 radical (unpaired) electrons. The molecule has 0 saturated carbocycles. The van der Waals surface area contributed by atoms with E-state index < -0.39 is 6.67 Å². The first-order valence-corrected chi connectivity index (χ1v) is 6.86. The molecule has 0 aliphatic rings. The molecule has 2 aromatic carbocycles. The molecule has 110 valence electrons. The Morgan fingerprint density at radius 2 is 1.62 bits per heavy atom. The minimum Gasteiger partial charge on any atom is -0.491 e. The van der Waals surface area contributed by atoms with E-state index >= 15 is 0 Å². The van der Waals surface area contributed by atoms with Crippen LogP contribution in [0, 0.1) is 5.41 Å². The second-order valence-corrected chi connectivity index (χ2v) is 4.74. The average molecular weight is 286 g/mol. The average Bonchev–Trinajstić information content (AvgIpc) is 2.52. The summed E-state index contributed by atoms with van der Waals surface area (Å²) in [6.07, 6.45) is 0. The Balaban J connectivity index is 2.02. The molecule has 0 aliphatic heterocycles. The number of hydrogen-bond donors (Lipinski definition) is 2. The number of alkyl halides is 1. The second-order valence-electron chi connectivity index (χ2n) is 4.74. The first kappa shape index (κ1) is 15.0. The second kappa shape index (κ2) is 7.43. The lowest BCUT2D eigenvalue weighted by Crippen LogP contribution is -2.18. The molecule has 0 amide bonds. The molecule has 0 spiro atoms. The zero-order chi connectivity index (χ0) is 15.1. The van der Waals surface area contributed by atoms with Gasteiger partial charge in [0.1, 0.15) is 19.0 Å². The molecule has 0 unspecified atom stereocenters. The van der Waals surface area contributed by atoms with E-state index in [1.165, 1.54) is 0 Å². The van der Waals surface area contributed by atoms with Crippen molar-refractivity contribution in [3.05, 3.63) is 54.1 Å². The molecule has 2 N–H and O–H groups in total. The summed E-state index contributed by atoms with van der Waals surface area (Å²) in [7, 11) is 0. The highest BCUT2D eigenvalue weighted by Crippen LogP contribution is 2.22. The molecule has 21 heavy (non-hydrogen) atoms. The maximum Gasteiger partial charge on any atom is 0.123 e. The smallest absolute Gasteiger partial charge is 0.123 e. The molecule has 4 heteroatoms. The van der Waals surface area contributed by atoms with Gasteiger partial charge >= 0.3 is 0 Å². The Hall–Kier alpha value is -2.36. The Kier molecular flexibility index (Phi) is 5.32. The number of ether oxygens (including phenoxy) is 1. The van der Waals surface area contributed by atoms with Gasteiger partial charge in [-0.3, -0.25) is 5.41 Å². The van der Waals surface area contributed by atoms with Crippen LogP contribution in [0.2, 0.25) is 0 Å². The molecule has 0 atom stereocenters. The lowest BCUT2D eigenvalue weighted by molar-refractivity contribution is 0.273. The van der Waals surface area contributed by atoms with E-state index in [1.807, 2.05) is 48.5 Å². The van der Waals surface area contributed by atoms with Crippen LogP contribution in [0.25, 0.3) is 11.1 Å². The van der Waals surface area contributed by atoms with E-state index in [0.29, 0.717) is 18.1 Å². The number of amidine groups is 1. The van der Waals surface area contributed by atoms with Crippen LogP contribution in [0.3, 0.4) is 0 Å². The maximum absolute atomic E-state index is 12.0. The van der Waals surface area contributed by atoms with Gasteiger partial charge in [-0.25, -0.2) is 4.39 Å². The summed E-state index contributed by atoms with van der Waals surface area (Å²) in [5, 5.41) is 10.3. The van der Waals surface area contributed by atoms with Gasteiger partial charge in [-0.15, -0.1) is 0 Å². The van der Waals surface area contributed by atoms with Crippen molar-refractivity contribution in [3.8, 4) is 16.9 Å². The monoisotopic (exact) mass is 286 g/mol. The molecular formula is C17H19FN2O. The third-order valence-corrected chi connectivity index (χ3v) is 3.05. The van der Waals surface area contributed by atoms with Crippen molar-refractivity contribution in [2.75, 3.05) is 13.3 Å². The summed E-state index contributed by atoms with van der Waals surface area (Å²) in [4.78, 5) is 0. The fourth-order valence-corrected chi connectivity index (χ4v) is 1.95. The number of nitrogens with one attached hydrogen (secondary N) is 2. The summed E-state index contributed by atoms with van der Waals surface area (Å²) in [6.45, 7) is 1.99. The SMILES string of the molecule is CC(=N)NCc1ccc(-c2ccc(OCCF)cc2)cc1. The number of hydrogen-bond acceptors (Lipinski definition) is 2. The van der Waals surface area contributed by atoms with Crippen LogP contribution in [0.5, 0.6) is 5.75 Å². The molecule has 0 fully saturated rings. The highest BCUT2D eigenvalue weighted by molar-refractivity contribution is 5.75. The van der Waals surface area contributed by atoms with Crippen LogP contribution in [-0.4, -0.2) is 19.1 Å². The van der Waals surface area contributed by atoms with Crippen LogP contribution in [0.15, 0.2) is 48.5 Å². The first-order valence-electron chi connectivity index (χ1n) is 6.86. The third kappa shape index (κ3) is 4.60. The quantitative estimate of drug-likeness (QED) is 0.627. The summed E-state index contributed by atoms with van der Waals surface area (Å²) in [6, 6.07) is 15.8. The zero-order valence-electron chi connectivity index (χ0n) is 12.0. The van der Waals surface area contributed by atoms with E-state index in [2.05, 4.69) is 5.32 Å². The molecule has 3 nitrogen and oxygen atoms in total. The predicted molar refractivity (Wildman–Crippen MR) is 83.6 cm³/mol. The van der Waals surface area contributed by atoms with Crippen LogP contribution >= 0.6 is 0 Å². The minimum atomic E-state index is -0.480. The molecule has 0 heterocycles. The topological polar surface area (TPSA) is 45.1 Å². The third-order valence-electron chi connectivity index (χ3n) is 3.05. The largest absolute Gasteiger partial charge is 0.491 e. The Labute approximate surface area is 124 Å². The highest BCUT2D eigenvalue weighted by Gasteiger charge is 2.00. The Bertz CT molecular complexity index is 579. The fraction of sp³-hybridized carbons (Fsp3) is 0.235. The summed E-state index contributed by atoms with van der Waals surface area (Å²) in [5.74, 6) is 1.14. The molecule has 0 bridgehead atoms. The van der Waals surface area contributed by atoms with Gasteiger partial charge in [0.15, 0.2) is 0 Å². The number of rotatable bonds is 6.